The van der Waals surface area contributed by atoms with E-state index in [9.17, 15) is 9.00 Å². The van der Waals surface area contributed by atoms with E-state index >= 15 is 0 Å². The van der Waals surface area contributed by atoms with Crippen LogP contribution in [-0.4, -0.2) is 14.6 Å². The van der Waals surface area contributed by atoms with E-state index in [0.717, 1.165) is 35.5 Å². The summed E-state index contributed by atoms with van der Waals surface area (Å²) >= 11 is 1.24. The van der Waals surface area contributed by atoms with Crippen LogP contribution in [0.1, 0.15) is 32.1 Å². The summed E-state index contributed by atoms with van der Waals surface area (Å²) in [5.41, 5.74) is 0. The van der Waals surface area contributed by atoms with Crippen molar-refractivity contribution in [2.45, 2.75) is 47.1 Å². The van der Waals surface area contributed by atoms with Crippen molar-refractivity contribution in [3.05, 3.63) is 60.7 Å². The predicted octanol–water partition coefficient (Wildman–Crippen LogP) is 5.06. The molecule has 0 heterocycles. The van der Waals surface area contributed by atoms with Crippen LogP contribution in [0.4, 0.5) is 0 Å². The van der Waals surface area contributed by atoms with Crippen molar-refractivity contribution in [3.8, 4) is 0 Å². The van der Waals surface area contributed by atoms with E-state index in [2.05, 4.69) is 0 Å². The Morgan fingerprint density at radius 1 is 0.917 bits per heavy atom. The molecule has 1 aliphatic carbocycles. The molecular weight excluding hydrogens is 336 g/mol. The summed E-state index contributed by atoms with van der Waals surface area (Å²) in [7, 11) is -1.29. The van der Waals surface area contributed by atoms with Crippen molar-refractivity contribution < 1.29 is 9.00 Å². The molecule has 126 valence electrons. The molecule has 1 fully saturated rings. The minimum atomic E-state index is -1.29. The smallest absolute Gasteiger partial charge is 0.209 e. The van der Waals surface area contributed by atoms with E-state index in [1.165, 1.54) is 18.2 Å². The number of hydrogen-bond donors (Lipinski definition) is 0. The average molecular weight is 359 g/mol. The molecule has 0 saturated heterocycles. The van der Waals surface area contributed by atoms with Crippen LogP contribution < -0.4 is 0 Å². The highest BCUT2D eigenvalue weighted by molar-refractivity contribution is 8.15. The van der Waals surface area contributed by atoms with Crippen LogP contribution in [0.5, 0.6) is 0 Å². The Labute approximate surface area is 150 Å². The van der Waals surface area contributed by atoms with Gasteiger partial charge in [-0.15, -0.1) is 0 Å². The fourth-order valence-corrected chi connectivity index (χ4v) is 6.01. The first-order chi connectivity index (χ1) is 11.8. The molecule has 2 atom stereocenters. The molecule has 0 N–H and O–H groups in total. The lowest BCUT2D eigenvalue weighted by Crippen LogP contribution is -2.33. The number of thioether (sulfide) groups is 1. The third-order valence-corrected chi connectivity index (χ3v) is 7.39. The van der Waals surface area contributed by atoms with Crippen molar-refractivity contribution in [1.29, 1.82) is 0 Å². The van der Waals surface area contributed by atoms with Gasteiger partial charge in [0.2, 0.25) is 5.12 Å². The molecule has 2 aromatic carbocycles. The maximum atomic E-state index is 13.2. The lowest BCUT2D eigenvalue weighted by molar-refractivity contribution is -0.111. The summed E-state index contributed by atoms with van der Waals surface area (Å²) in [6, 6.07) is 19.1. The average Bonchev–Trinajstić information content (AvgIpc) is 2.64. The Morgan fingerprint density at radius 2 is 1.50 bits per heavy atom. The SMILES string of the molecule is O=C(Sc1ccccc1)C(C1CCCCC1)S(=O)c1ccccc1. The highest BCUT2D eigenvalue weighted by Crippen LogP contribution is 2.35. The molecule has 0 aromatic heterocycles. The van der Waals surface area contributed by atoms with E-state index in [-0.39, 0.29) is 11.0 Å². The molecule has 24 heavy (non-hydrogen) atoms. The topological polar surface area (TPSA) is 34.1 Å². The van der Waals surface area contributed by atoms with Crippen LogP contribution in [0.3, 0.4) is 0 Å². The van der Waals surface area contributed by atoms with Crippen molar-refractivity contribution >= 4 is 27.7 Å². The van der Waals surface area contributed by atoms with Gasteiger partial charge in [-0.2, -0.15) is 0 Å². The normalized spacial score (nSPS) is 18.0. The minimum absolute atomic E-state index is 0.0373. The number of hydrogen-bond acceptors (Lipinski definition) is 3. The van der Waals surface area contributed by atoms with Crippen LogP contribution in [0.15, 0.2) is 70.5 Å². The first-order valence-corrected chi connectivity index (χ1v) is 10.5. The van der Waals surface area contributed by atoms with Crippen LogP contribution in [0.25, 0.3) is 0 Å². The highest BCUT2D eigenvalue weighted by atomic mass is 32.2. The van der Waals surface area contributed by atoms with E-state index in [4.69, 9.17) is 0 Å². The van der Waals surface area contributed by atoms with Crippen molar-refractivity contribution in [2.75, 3.05) is 0 Å². The summed E-state index contributed by atoms with van der Waals surface area (Å²) in [4.78, 5) is 14.7. The molecule has 0 radical (unpaired) electrons. The molecule has 3 rings (SSSR count). The van der Waals surface area contributed by atoms with Crippen LogP contribution in [0.2, 0.25) is 0 Å². The molecule has 1 aliphatic rings. The van der Waals surface area contributed by atoms with Crippen LogP contribution in [-0.2, 0) is 15.6 Å². The maximum Gasteiger partial charge on any atom is 0.209 e. The van der Waals surface area contributed by atoms with Gasteiger partial charge >= 0.3 is 0 Å². The van der Waals surface area contributed by atoms with Gasteiger partial charge in [-0.05, 0) is 43.0 Å². The van der Waals surface area contributed by atoms with E-state index in [1.54, 1.807) is 0 Å². The molecular formula is C20H22O2S2. The van der Waals surface area contributed by atoms with Gasteiger partial charge in [-0.25, -0.2) is 0 Å². The Bertz CT molecular complexity index is 679. The molecule has 2 aromatic rings. The quantitative estimate of drug-likeness (QED) is 0.701. The zero-order chi connectivity index (χ0) is 16.8. The fraction of sp³-hybridized carbons (Fsp3) is 0.350. The molecule has 0 aliphatic heterocycles. The van der Waals surface area contributed by atoms with E-state index in [1.807, 2.05) is 60.7 Å². The van der Waals surface area contributed by atoms with Gasteiger partial charge in [0.15, 0.2) is 0 Å². The van der Waals surface area contributed by atoms with Crippen LogP contribution in [0, 0.1) is 5.92 Å². The van der Waals surface area contributed by atoms with E-state index < -0.39 is 16.0 Å². The summed E-state index contributed by atoms with van der Waals surface area (Å²) in [5.74, 6) is 0.225. The van der Waals surface area contributed by atoms with Crippen molar-refractivity contribution in [2.24, 2.45) is 5.92 Å². The molecule has 0 spiro atoms. The number of rotatable bonds is 5. The zero-order valence-electron chi connectivity index (χ0n) is 13.6. The number of carbonyl (C=O) groups excluding carboxylic acids is 1. The molecule has 2 nitrogen and oxygen atoms in total. The van der Waals surface area contributed by atoms with Gasteiger partial charge in [-0.1, -0.05) is 67.4 Å². The highest BCUT2D eigenvalue weighted by Gasteiger charge is 2.35. The Kier molecular flexibility index (Phi) is 6.27. The standard InChI is InChI=1S/C20H22O2S2/c21-20(23-17-12-6-2-7-13-17)19(16-10-4-1-5-11-16)24(22)18-14-8-3-9-15-18/h2-3,6-9,12-16,19H,1,4-5,10-11H2. The summed E-state index contributed by atoms with van der Waals surface area (Å²) < 4.78 is 13.2. The summed E-state index contributed by atoms with van der Waals surface area (Å²) in [6.07, 6.45) is 5.50. The Balaban J connectivity index is 1.84. The second kappa shape index (κ2) is 8.63. The van der Waals surface area contributed by atoms with Gasteiger partial charge in [0.25, 0.3) is 0 Å². The Morgan fingerprint density at radius 3 is 2.12 bits per heavy atom. The fourth-order valence-electron chi connectivity index (χ4n) is 3.26. The lowest BCUT2D eigenvalue weighted by atomic mass is 9.87. The third-order valence-electron chi connectivity index (χ3n) is 4.48. The second-order valence-electron chi connectivity index (χ2n) is 6.16. The van der Waals surface area contributed by atoms with Gasteiger partial charge in [0.05, 0.1) is 10.8 Å². The molecule has 1 saturated carbocycles. The van der Waals surface area contributed by atoms with Crippen LogP contribution >= 0.6 is 11.8 Å². The lowest BCUT2D eigenvalue weighted by Gasteiger charge is -2.28. The predicted molar refractivity (Wildman–Crippen MR) is 101 cm³/mol. The molecule has 0 bridgehead atoms. The third kappa shape index (κ3) is 4.37. The van der Waals surface area contributed by atoms with E-state index in [0.29, 0.717) is 0 Å². The molecule has 0 amide bonds. The first-order valence-electron chi connectivity index (χ1n) is 8.48. The maximum absolute atomic E-state index is 13.2. The van der Waals surface area contributed by atoms with Gasteiger partial charge in [-0.3, -0.25) is 9.00 Å². The van der Waals surface area contributed by atoms with Crippen molar-refractivity contribution in [3.63, 3.8) is 0 Å². The zero-order valence-corrected chi connectivity index (χ0v) is 15.2. The molecule has 2 unspecified atom stereocenters. The number of benzene rings is 2. The second-order valence-corrected chi connectivity index (χ2v) is 8.82. The minimum Gasteiger partial charge on any atom is -0.285 e. The largest absolute Gasteiger partial charge is 0.285 e. The number of carbonyl (C=O) groups is 1. The monoisotopic (exact) mass is 358 g/mol. The van der Waals surface area contributed by atoms with Gasteiger partial charge in [0.1, 0.15) is 5.25 Å². The Hall–Kier alpha value is -1.39. The molecule has 4 heteroatoms. The first kappa shape index (κ1) is 17.4. The van der Waals surface area contributed by atoms with Crippen molar-refractivity contribution in [1.82, 2.24) is 0 Å². The van der Waals surface area contributed by atoms with Gasteiger partial charge in [0, 0.05) is 9.79 Å². The summed E-state index contributed by atoms with van der Waals surface area (Å²) in [6.45, 7) is 0. The van der Waals surface area contributed by atoms with Gasteiger partial charge < -0.3 is 0 Å². The summed E-state index contributed by atoms with van der Waals surface area (Å²) in [5, 5.41) is -0.381.